The van der Waals surface area contributed by atoms with Gasteiger partial charge in [-0.2, -0.15) is 0 Å². The molecule has 0 aliphatic rings. The standard InChI is InChI=1S/C24H30ClFN2O3/c1-15-11-20(12-16(2)22(15)25)31-14-21(29)28(13-18-7-9-19(26)10-8-18)17(3)23(30)27-24(4,5)6/h7-12,17H,13-14H2,1-6H3,(H,27,30)/t17-/m0/s1. The van der Waals surface area contributed by atoms with E-state index in [0.29, 0.717) is 16.3 Å². The van der Waals surface area contributed by atoms with Crippen molar-refractivity contribution in [2.75, 3.05) is 6.61 Å². The van der Waals surface area contributed by atoms with E-state index in [-0.39, 0.29) is 30.8 Å². The van der Waals surface area contributed by atoms with Gasteiger partial charge in [-0.1, -0.05) is 23.7 Å². The number of carbonyl (C=O) groups excluding carboxylic acids is 2. The van der Waals surface area contributed by atoms with E-state index < -0.39 is 11.6 Å². The summed E-state index contributed by atoms with van der Waals surface area (Å²) >= 11 is 6.19. The smallest absolute Gasteiger partial charge is 0.261 e. The first kappa shape index (κ1) is 24.7. The van der Waals surface area contributed by atoms with Crippen molar-refractivity contribution in [3.05, 3.63) is 63.9 Å². The number of hydrogen-bond donors (Lipinski definition) is 1. The molecule has 2 rings (SSSR count). The predicted octanol–water partition coefficient (Wildman–Crippen LogP) is 4.81. The Morgan fingerprint density at radius 1 is 1.13 bits per heavy atom. The molecule has 0 unspecified atom stereocenters. The SMILES string of the molecule is Cc1cc(OCC(=O)N(Cc2ccc(F)cc2)[C@@H](C)C(=O)NC(C)(C)C)cc(C)c1Cl. The largest absolute Gasteiger partial charge is 0.484 e. The number of halogens is 2. The van der Waals surface area contributed by atoms with Crippen molar-refractivity contribution >= 4 is 23.4 Å². The summed E-state index contributed by atoms with van der Waals surface area (Å²) in [5.41, 5.74) is 1.98. The molecule has 7 heteroatoms. The van der Waals surface area contributed by atoms with Gasteiger partial charge in [-0.25, -0.2) is 4.39 Å². The second-order valence-electron chi connectivity index (χ2n) is 8.72. The Morgan fingerprint density at radius 3 is 2.19 bits per heavy atom. The Balaban J connectivity index is 2.20. The zero-order valence-electron chi connectivity index (χ0n) is 18.9. The molecule has 2 aromatic rings. The second kappa shape index (κ2) is 10.1. The van der Waals surface area contributed by atoms with Crippen LogP contribution >= 0.6 is 11.6 Å². The molecule has 0 aromatic heterocycles. The molecule has 0 fully saturated rings. The predicted molar refractivity (Wildman–Crippen MR) is 121 cm³/mol. The van der Waals surface area contributed by atoms with Crippen LogP contribution in [0.1, 0.15) is 44.4 Å². The monoisotopic (exact) mass is 448 g/mol. The van der Waals surface area contributed by atoms with E-state index in [0.717, 1.165) is 11.1 Å². The molecule has 0 bridgehead atoms. The minimum Gasteiger partial charge on any atom is -0.484 e. The number of ether oxygens (including phenoxy) is 1. The van der Waals surface area contributed by atoms with E-state index in [2.05, 4.69) is 5.32 Å². The quantitative estimate of drug-likeness (QED) is 0.661. The van der Waals surface area contributed by atoms with Crippen LogP contribution in [0.2, 0.25) is 5.02 Å². The van der Waals surface area contributed by atoms with Crippen molar-refractivity contribution in [2.24, 2.45) is 0 Å². The molecule has 0 saturated heterocycles. The first-order valence-electron chi connectivity index (χ1n) is 10.1. The topological polar surface area (TPSA) is 58.6 Å². The van der Waals surface area contributed by atoms with E-state index in [9.17, 15) is 14.0 Å². The van der Waals surface area contributed by atoms with Gasteiger partial charge < -0.3 is 15.0 Å². The summed E-state index contributed by atoms with van der Waals surface area (Å²) < 4.78 is 19.0. The van der Waals surface area contributed by atoms with Crippen molar-refractivity contribution in [1.82, 2.24) is 10.2 Å². The van der Waals surface area contributed by atoms with Gasteiger partial charge in [0.2, 0.25) is 5.91 Å². The fourth-order valence-electron chi connectivity index (χ4n) is 3.06. The Kier molecular flexibility index (Phi) is 8.07. The van der Waals surface area contributed by atoms with Gasteiger partial charge in [-0.05, 0) is 82.5 Å². The molecule has 0 saturated carbocycles. The number of hydrogen-bond acceptors (Lipinski definition) is 3. The van der Waals surface area contributed by atoms with Gasteiger partial charge in [0.15, 0.2) is 6.61 Å². The number of aryl methyl sites for hydroxylation is 2. The lowest BCUT2D eigenvalue weighted by atomic mass is 10.1. The zero-order chi connectivity index (χ0) is 23.3. The van der Waals surface area contributed by atoms with Crippen molar-refractivity contribution < 1.29 is 18.7 Å². The van der Waals surface area contributed by atoms with Gasteiger partial charge in [-0.15, -0.1) is 0 Å². The van der Waals surface area contributed by atoms with E-state index in [1.165, 1.54) is 17.0 Å². The molecule has 0 aliphatic carbocycles. The van der Waals surface area contributed by atoms with Gasteiger partial charge in [-0.3, -0.25) is 9.59 Å². The molecule has 0 heterocycles. The fourth-order valence-corrected chi connectivity index (χ4v) is 3.17. The Labute approximate surface area is 188 Å². The number of amides is 2. The van der Waals surface area contributed by atoms with Crippen molar-refractivity contribution in [3.63, 3.8) is 0 Å². The van der Waals surface area contributed by atoms with Crippen LogP contribution in [0.3, 0.4) is 0 Å². The van der Waals surface area contributed by atoms with E-state index in [4.69, 9.17) is 16.3 Å². The van der Waals surface area contributed by atoms with Crippen molar-refractivity contribution in [1.29, 1.82) is 0 Å². The van der Waals surface area contributed by atoms with Crippen LogP contribution in [0.25, 0.3) is 0 Å². The van der Waals surface area contributed by atoms with E-state index in [1.54, 1.807) is 31.2 Å². The first-order valence-corrected chi connectivity index (χ1v) is 10.5. The molecule has 31 heavy (non-hydrogen) atoms. The Hall–Kier alpha value is -2.60. The van der Waals surface area contributed by atoms with Gasteiger partial charge in [0.05, 0.1) is 0 Å². The lowest BCUT2D eigenvalue weighted by Crippen LogP contribution is -2.53. The highest BCUT2D eigenvalue weighted by Gasteiger charge is 2.28. The maximum absolute atomic E-state index is 13.3. The molecule has 0 spiro atoms. The first-order chi connectivity index (χ1) is 14.4. The van der Waals surface area contributed by atoms with Crippen LogP contribution in [-0.2, 0) is 16.1 Å². The number of nitrogens with zero attached hydrogens (tertiary/aromatic N) is 1. The van der Waals surface area contributed by atoms with Gasteiger partial charge in [0.1, 0.15) is 17.6 Å². The number of benzene rings is 2. The number of nitrogens with one attached hydrogen (secondary N) is 1. The maximum atomic E-state index is 13.3. The molecular formula is C24H30ClFN2O3. The zero-order valence-corrected chi connectivity index (χ0v) is 19.6. The average Bonchev–Trinajstić information content (AvgIpc) is 2.67. The maximum Gasteiger partial charge on any atom is 0.261 e. The van der Waals surface area contributed by atoms with Crippen LogP contribution in [-0.4, -0.2) is 34.9 Å². The summed E-state index contributed by atoms with van der Waals surface area (Å²) in [6.45, 7) is 10.9. The summed E-state index contributed by atoms with van der Waals surface area (Å²) in [5.74, 6) is -0.467. The van der Waals surface area contributed by atoms with Gasteiger partial charge in [0, 0.05) is 17.1 Å². The summed E-state index contributed by atoms with van der Waals surface area (Å²) in [7, 11) is 0. The summed E-state index contributed by atoms with van der Waals surface area (Å²) in [5, 5.41) is 3.55. The molecule has 2 amide bonds. The molecule has 2 aromatic carbocycles. The van der Waals surface area contributed by atoms with Crippen LogP contribution < -0.4 is 10.1 Å². The van der Waals surface area contributed by atoms with Crippen molar-refractivity contribution in [2.45, 2.75) is 59.7 Å². The van der Waals surface area contributed by atoms with Gasteiger partial charge in [0.25, 0.3) is 5.91 Å². The highest BCUT2D eigenvalue weighted by molar-refractivity contribution is 6.32. The summed E-state index contributed by atoms with van der Waals surface area (Å²) in [6, 6.07) is 8.63. The molecule has 0 aliphatic heterocycles. The normalized spacial score (nSPS) is 12.3. The highest BCUT2D eigenvalue weighted by Crippen LogP contribution is 2.26. The molecular weight excluding hydrogens is 419 g/mol. The van der Waals surface area contributed by atoms with Crippen LogP contribution in [0, 0.1) is 19.7 Å². The van der Waals surface area contributed by atoms with E-state index >= 15 is 0 Å². The second-order valence-corrected chi connectivity index (χ2v) is 9.10. The summed E-state index contributed by atoms with van der Waals surface area (Å²) in [4.78, 5) is 27.2. The van der Waals surface area contributed by atoms with Crippen molar-refractivity contribution in [3.8, 4) is 5.75 Å². The molecule has 1 atom stereocenters. The summed E-state index contributed by atoms with van der Waals surface area (Å²) in [6.07, 6.45) is 0. The molecule has 1 N–H and O–H groups in total. The average molecular weight is 449 g/mol. The Morgan fingerprint density at radius 2 is 1.68 bits per heavy atom. The molecule has 168 valence electrons. The molecule has 5 nitrogen and oxygen atoms in total. The number of rotatable bonds is 7. The fraction of sp³-hybridized carbons (Fsp3) is 0.417. The minimum absolute atomic E-state index is 0.153. The molecule has 0 radical (unpaired) electrons. The third-order valence-electron chi connectivity index (χ3n) is 4.70. The van der Waals surface area contributed by atoms with Crippen LogP contribution in [0.5, 0.6) is 5.75 Å². The number of carbonyl (C=O) groups is 2. The third-order valence-corrected chi connectivity index (χ3v) is 5.30. The lowest BCUT2D eigenvalue weighted by Gasteiger charge is -2.31. The third kappa shape index (κ3) is 7.24. The minimum atomic E-state index is -0.742. The van der Waals surface area contributed by atoms with Crippen LogP contribution in [0.4, 0.5) is 4.39 Å². The Bertz CT molecular complexity index is 916. The van der Waals surface area contributed by atoms with Crippen LogP contribution in [0.15, 0.2) is 36.4 Å². The highest BCUT2D eigenvalue weighted by atomic mass is 35.5. The van der Waals surface area contributed by atoms with E-state index in [1.807, 2.05) is 34.6 Å². The van der Waals surface area contributed by atoms with Gasteiger partial charge >= 0.3 is 0 Å². The lowest BCUT2D eigenvalue weighted by molar-refractivity contribution is -0.142.